The number of fused-ring (bicyclic) bond motifs is 1. The summed E-state index contributed by atoms with van der Waals surface area (Å²) in [5, 5.41) is 16.6. The molecule has 0 bridgehead atoms. The second-order valence-corrected chi connectivity index (χ2v) is 7.11. The zero-order valence-electron chi connectivity index (χ0n) is 19.4. The number of hydrogen-bond acceptors (Lipinski definition) is 11. The molecule has 0 radical (unpaired) electrons. The number of phenolic OH excluding ortho intramolecular Hbond substituents is 1. The van der Waals surface area contributed by atoms with Crippen LogP contribution in [-0.4, -0.2) is 61.5 Å². The first-order valence-corrected chi connectivity index (χ1v) is 11.0. The molecule has 2 aromatic rings. The highest BCUT2D eigenvalue weighted by molar-refractivity contribution is 5.99. The Hall–Kier alpha value is -3.44. The van der Waals surface area contributed by atoms with Gasteiger partial charge < -0.3 is 29.1 Å². The van der Waals surface area contributed by atoms with Crippen LogP contribution in [0.1, 0.15) is 32.8 Å². The maximum atomic E-state index is 12.5. The third-order valence-electron chi connectivity index (χ3n) is 4.76. The van der Waals surface area contributed by atoms with Gasteiger partial charge in [0.15, 0.2) is 0 Å². The van der Waals surface area contributed by atoms with E-state index in [-0.39, 0.29) is 50.7 Å². The van der Waals surface area contributed by atoms with Crippen molar-refractivity contribution in [3.05, 3.63) is 40.2 Å². The fourth-order valence-electron chi connectivity index (χ4n) is 3.21. The maximum absolute atomic E-state index is 12.5. The minimum atomic E-state index is -1.49. The Morgan fingerprint density at radius 1 is 0.941 bits per heavy atom. The number of carbonyl (C=O) groups is 3. The fourth-order valence-corrected chi connectivity index (χ4v) is 3.21. The SMILES string of the molecule is CCOC(=O)C(CCNCc1c(O)ccc2ccc(=O)oc12)NC(C(=O)OCC)C(=O)OCC. The summed E-state index contributed by atoms with van der Waals surface area (Å²) < 4.78 is 20.1. The molecule has 11 heteroatoms. The summed E-state index contributed by atoms with van der Waals surface area (Å²) in [6.45, 7) is 5.39. The van der Waals surface area contributed by atoms with Gasteiger partial charge in [0, 0.05) is 18.0 Å². The highest BCUT2D eigenvalue weighted by Gasteiger charge is 2.34. The quantitative estimate of drug-likeness (QED) is 0.124. The first-order valence-electron chi connectivity index (χ1n) is 11.0. The second-order valence-electron chi connectivity index (χ2n) is 7.11. The van der Waals surface area contributed by atoms with E-state index in [2.05, 4.69) is 10.6 Å². The molecule has 0 saturated carbocycles. The molecular formula is C23H30N2O9. The second kappa shape index (κ2) is 13.3. The Labute approximate surface area is 196 Å². The molecule has 0 fully saturated rings. The Morgan fingerprint density at radius 2 is 1.53 bits per heavy atom. The van der Waals surface area contributed by atoms with Crippen molar-refractivity contribution in [1.29, 1.82) is 0 Å². The third kappa shape index (κ3) is 7.29. The van der Waals surface area contributed by atoms with Crippen LogP contribution >= 0.6 is 0 Å². The maximum Gasteiger partial charge on any atom is 0.336 e. The van der Waals surface area contributed by atoms with E-state index in [4.69, 9.17) is 18.6 Å². The average molecular weight is 478 g/mol. The molecule has 0 aliphatic rings. The number of benzene rings is 1. The molecule has 11 nitrogen and oxygen atoms in total. The van der Waals surface area contributed by atoms with Gasteiger partial charge in [-0.3, -0.25) is 10.1 Å². The van der Waals surface area contributed by atoms with Gasteiger partial charge >= 0.3 is 23.5 Å². The van der Waals surface area contributed by atoms with Gasteiger partial charge in [-0.1, -0.05) is 0 Å². The van der Waals surface area contributed by atoms with E-state index in [0.29, 0.717) is 10.9 Å². The van der Waals surface area contributed by atoms with E-state index in [1.807, 2.05) is 0 Å². The van der Waals surface area contributed by atoms with Crippen molar-refractivity contribution >= 4 is 28.9 Å². The summed E-state index contributed by atoms with van der Waals surface area (Å²) in [6.07, 6.45) is 0.129. The molecular weight excluding hydrogens is 448 g/mol. The summed E-state index contributed by atoms with van der Waals surface area (Å²) >= 11 is 0. The highest BCUT2D eigenvalue weighted by Crippen LogP contribution is 2.26. The van der Waals surface area contributed by atoms with E-state index in [1.165, 1.54) is 12.1 Å². The van der Waals surface area contributed by atoms with Gasteiger partial charge in [-0.05, 0) is 51.9 Å². The lowest BCUT2D eigenvalue weighted by Gasteiger charge is -2.22. The number of rotatable bonds is 13. The first-order chi connectivity index (χ1) is 16.3. The molecule has 1 unspecified atom stereocenters. The van der Waals surface area contributed by atoms with Crippen LogP contribution in [0.15, 0.2) is 33.5 Å². The van der Waals surface area contributed by atoms with Crippen molar-refractivity contribution in [2.45, 2.75) is 45.8 Å². The standard InChI is InChI=1S/C23H30N2O9/c1-4-31-21(28)16(25-19(22(29)32-5-2)23(30)33-6-3)11-12-24-13-15-17(26)9-7-14-8-10-18(27)34-20(14)15/h7-10,16,19,24-26H,4-6,11-13H2,1-3H3. The zero-order chi connectivity index (χ0) is 25.1. The first kappa shape index (κ1) is 26.8. The predicted molar refractivity (Wildman–Crippen MR) is 121 cm³/mol. The largest absolute Gasteiger partial charge is 0.507 e. The molecule has 1 aromatic heterocycles. The third-order valence-corrected chi connectivity index (χ3v) is 4.76. The number of nitrogens with one attached hydrogen (secondary N) is 2. The number of esters is 3. The normalized spacial score (nSPS) is 11.9. The van der Waals surface area contributed by atoms with Crippen molar-refractivity contribution in [2.24, 2.45) is 0 Å². The molecule has 3 N–H and O–H groups in total. The van der Waals surface area contributed by atoms with Crippen LogP contribution in [0, 0.1) is 0 Å². The van der Waals surface area contributed by atoms with Crippen LogP contribution in [-0.2, 0) is 35.1 Å². The molecule has 1 aromatic carbocycles. The van der Waals surface area contributed by atoms with Gasteiger partial charge in [-0.2, -0.15) is 0 Å². The molecule has 0 amide bonds. The van der Waals surface area contributed by atoms with Crippen LogP contribution < -0.4 is 16.3 Å². The van der Waals surface area contributed by atoms with E-state index >= 15 is 0 Å². The molecule has 0 aliphatic heterocycles. The minimum Gasteiger partial charge on any atom is -0.507 e. The lowest BCUT2D eigenvalue weighted by Crippen LogP contribution is -2.53. The van der Waals surface area contributed by atoms with Crippen LogP contribution in [0.3, 0.4) is 0 Å². The van der Waals surface area contributed by atoms with E-state index in [9.17, 15) is 24.3 Å². The van der Waals surface area contributed by atoms with Gasteiger partial charge in [0.25, 0.3) is 0 Å². The summed E-state index contributed by atoms with van der Waals surface area (Å²) in [6, 6.07) is 3.48. The Balaban J connectivity index is 2.11. The minimum absolute atomic E-state index is 0.0483. The lowest BCUT2D eigenvalue weighted by molar-refractivity contribution is -0.159. The van der Waals surface area contributed by atoms with E-state index < -0.39 is 35.6 Å². The zero-order valence-corrected chi connectivity index (χ0v) is 19.4. The van der Waals surface area contributed by atoms with Gasteiger partial charge in [0.05, 0.1) is 25.4 Å². The van der Waals surface area contributed by atoms with Crippen molar-refractivity contribution in [3.63, 3.8) is 0 Å². The van der Waals surface area contributed by atoms with Crippen LogP contribution in [0.4, 0.5) is 0 Å². The molecule has 0 saturated heterocycles. The molecule has 186 valence electrons. The number of ether oxygens (including phenoxy) is 3. The molecule has 1 heterocycles. The molecule has 0 aliphatic carbocycles. The molecule has 2 rings (SSSR count). The lowest BCUT2D eigenvalue weighted by atomic mass is 10.1. The van der Waals surface area contributed by atoms with Crippen molar-refractivity contribution in [1.82, 2.24) is 10.6 Å². The molecule has 1 atom stereocenters. The molecule has 34 heavy (non-hydrogen) atoms. The van der Waals surface area contributed by atoms with Crippen LogP contribution in [0.2, 0.25) is 0 Å². The van der Waals surface area contributed by atoms with Gasteiger partial charge in [0.1, 0.15) is 17.4 Å². The smallest absolute Gasteiger partial charge is 0.336 e. The number of aromatic hydroxyl groups is 1. The van der Waals surface area contributed by atoms with Crippen LogP contribution in [0.5, 0.6) is 5.75 Å². The number of phenols is 1. The highest BCUT2D eigenvalue weighted by atomic mass is 16.6. The Bertz CT molecular complexity index is 1030. The van der Waals surface area contributed by atoms with E-state index in [1.54, 1.807) is 32.9 Å². The number of hydrogen-bond donors (Lipinski definition) is 3. The Kier molecular flexibility index (Phi) is 10.5. The van der Waals surface area contributed by atoms with Gasteiger partial charge in [0.2, 0.25) is 6.04 Å². The Morgan fingerprint density at radius 3 is 2.15 bits per heavy atom. The van der Waals surface area contributed by atoms with Gasteiger partial charge in [-0.15, -0.1) is 0 Å². The number of carbonyl (C=O) groups excluding carboxylic acids is 3. The van der Waals surface area contributed by atoms with Crippen molar-refractivity contribution in [2.75, 3.05) is 26.4 Å². The fraction of sp³-hybridized carbons (Fsp3) is 0.478. The summed E-state index contributed by atoms with van der Waals surface area (Å²) in [5.74, 6) is -2.43. The average Bonchev–Trinajstić information content (AvgIpc) is 2.80. The van der Waals surface area contributed by atoms with Crippen molar-refractivity contribution < 1.29 is 38.1 Å². The van der Waals surface area contributed by atoms with E-state index in [0.717, 1.165) is 0 Å². The van der Waals surface area contributed by atoms with Gasteiger partial charge in [-0.25, -0.2) is 14.4 Å². The predicted octanol–water partition coefficient (Wildman–Crippen LogP) is 0.994. The topological polar surface area (TPSA) is 153 Å². The van der Waals surface area contributed by atoms with Crippen molar-refractivity contribution in [3.8, 4) is 5.75 Å². The summed E-state index contributed by atoms with van der Waals surface area (Å²) in [5.41, 5.74) is 0.0893. The molecule has 0 spiro atoms. The van der Waals surface area contributed by atoms with Crippen LogP contribution in [0.25, 0.3) is 11.0 Å². The monoisotopic (exact) mass is 478 g/mol. The summed E-state index contributed by atoms with van der Waals surface area (Å²) in [4.78, 5) is 48.6. The summed E-state index contributed by atoms with van der Waals surface area (Å²) in [7, 11) is 0.